The molecule has 0 radical (unpaired) electrons. The Balaban J connectivity index is 1.98. The van der Waals surface area contributed by atoms with Crippen molar-refractivity contribution in [2.45, 2.75) is 0 Å². The Labute approximate surface area is 161 Å². The number of carboxylic acids is 1. The van der Waals surface area contributed by atoms with E-state index in [0.29, 0.717) is 5.56 Å². The number of hydrogen-bond donors (Lipinski definition) is 1. The van der Waals surface area contributed by atoms with Gasteiger partial charge in [-0.3, -0.25) is 0 Å². The number of hydrogen-bond acceptors (Lipinski definition) is 6. The summed E-state index contributed by atoms with van der Waals surface area (Å²) in [6.45, 7) is 0. The fourth-order valence-corrected chi connectivity index (χ4v) is 2.49. The van der Waals surface area contributed by atoms with Crippen LogP contribution in [-0.2, 0) is 0 Å². The summed E-state index contributed by atoms with van der Waals surface area (Å²) in [5.74, 6) is -0.547. The van der Waals surface area contributed by atoms with E-state index in [2.05, 4.69) is 9.97 Å². The molecule has 1 aromatic heterocycles. The first-order chi connectivity index (χ1) is 13.6. The third-order valence-corrected chi connectivity index (χ3v) is 3.81. The predicted octanol–water partition coefficient (Wildman–Crippen LogP) is 4.15. The van der Waals surface area contributed by atoms with Crippen LogP contribution in [0.15, 0.2) is 54.6 Å². The molecule has 0 bridgehead atoms. The highest BCUT2D eigenvalue weighted by Crippen LogP contribution is 2.29. The Morgan fingerprint density at radius 2 is 1.61 bits per heavy atom. The van der Waals surface area contributed by atoms with E-state index in [1.807, 2.05) is 36.4 Å². The van der Waals surface area contributed by atoms with E-state index in [4.69, 9.17) is 14.2 Å². The summed E-state index contributed by atoms with van der Waals surface area (Å²) < 4.78 is 15.8. The molecule has 7 heteroatoms. The minimum Gasteiger partial charge on any atom is -0.481 e. The van der Waals surface area contributed by atoms with Gasteiger partial charge in [-0.2, -0.15) is 9.97 Å². The van der Waals surface area contributed by atoms with Crippen molar-refractivity contribution in [2.75, 3.05) is 14.2 Å². The number of benzene rings is 2. The highest BCUT2D eigenvalue weighted by Gasteiger charge is 2.18. The molecule has 0 atom stereocenters. The molecule has 0 spiro atoms. The quantitative estimate of drug-likeness (QED) is 0.617. The van der Waals surface area contributed by atoms with Crippen LogP contribution in [0, 0.1) is 0 Å². The molecule has 1 N–H and O–H groups in total. The first kappa shape index (κ1) is 18.9. The third-order valence-electron chi connectivity index (χ3n) is 3.81. The molecule has 3 aromatic rings. The predicted molar refractivity (Wildman–Crippen MR) is 104 cm³/mol. The third kappa shape index (κ3) is 4.45. The van der Waals surface area contributed by atoms with Gasteiger partial charge >= 0.3 is 12.0 Å². The number of ether oxygens (including phenoxy) is 3. The lowest BCUT2D eigenvalue weighted by Crippen LogP contribution is -2.05. The highest BCUT2D eigenvalue weighted by molar-refractivity contribution is 5.96. The maximum atomic E-state index is 11.9. The lowest BCUT2D eigenvalue weighted by molar-refractivity contribution is 0.0694. The second-order valence-electron chi connectivity index (χ2n) is 5.61. The van der Waals surface area contributed by atoms with Gasteiger partial charge in [0.05, 0.1) is 20.3 Å². The molecule has 0 aliphatic rings. The average molecular weight is 378 g/mol. The van der Waals surface area contributed by atoms with Gasteiger partial charge < -0.3 is 19.3 Å². The number of methoxy groups -OCH3 is 2. The monoisotopic (exact) mass is 378 g/mol. The van der Waals surface area contributed by atoms with Crippen LogP contribution in [0.25, 0.3) is 12.2 Å². The van der Waals surface area contributed by atoms with Crippen LogP contribution in [0.1, 0.15) is 21.5 Å². The number of rotatable bonds is 7. The molecular weight excluding hydrogens is 360 g/mol. The van der Waals surface area contributed by atoms with Gasteiger partial charge in [-0.25, -0.2) is 4.79 Å². The van der Waals surface area contributed by atoms with Gasteiger partial charge in [0.1, 0.15) is 11.3 Å². The average Bonchev–Trinajstić information content (AvgIpc) is 2.72. The Bertz CT molecular complexity index is 981. The fraction of sp³-hybridized carbons (Fsp3) is 0.0952. The van der Waals surface area contributed by atoms with Crippen molar-refractivity contribution < 1.29 is 24.1 Å². The number of aromatic nitrogens is 2. The molecule has 3 rings (SSSR count). The zero-order valence-electron chi connectivity index (χ0n) is 15.3. The van der Waals surface area contributed by atoms with E-state index < -0.39 is 5.97 Å². The summed E-state index contributed by atoms with van der Waals surface area (Å²) >= 11 is 0. The molecule has 0 unspecified atom stereocenters. The Kier molecular flexibility index (Phi) is 5.86. The summed E-state index contributed by atoms with van der Waals surface area (Å²) in [6.07, 6.45) is 3.55. The van der Waals surface area contributed by atoms with Crippen molar-refractivity contribution in [1.29, 1.82) is 0 Å². The lowest BCUT2D eigenvalue weighted by Gasteiger charge is -2.11. The van der Waals surface area contributed by atoms with Crippen molar-refractivity contribution in [2.24, 2.45) is 0 Å². The van der Waals surface area contributed by atoms with E-state index >= 15 is 0 Å². The van der Waals surface area contributed by atoms with Gasteiger partial charge in [-0.15, -0.1) is 0 Å². The summed E-state index contributed by atoms with van der Waals surface area (Å²) in [5, 5.41) is 9.72. The minimum atomic E-state index is -1.13. The second kappa shape index (κ2) is 8.68. The van der Waals surface area contributed by atoms with Crippen molar-refractivity contribution >= 4 is 18.1 Å². The Morgan fingerprint density at radius 3 is 2.21 bits per heavy atom. The Hall–Kier alpha value is -3.87. The van der Waals surface area contributed by atoms with E-state index in [9.17, 15) is 9.90 Å². The van der Waals surface area contributed by atoms with Crippen LogP contribution >= 0.6 is 0 Å². The van der Waals surface area contributed by atoms with Crippen LogP contribution in [-0.4, -0.2) is 35.3 Å². The molecule has 0 aliphatic carbocycles. The zero-order chi connectivity index (χ0) is 19.9. The van der Waals surface area contributed by atoms with Crippen molar-refractivity contribution in [3.8, 4) is 23.5 Å². The molecule has 2 aromatic carbocycles. The normalized spacial score (nSPS) is 10.6. The smallest absolute Gasteiger partial charge is 0.340 e. The van der Waals surface area contributed by atoms with Crippen LogP contribution in [0.5, 0.6) is 23.5 Å². The van der Waals surface area contributed by atoms with Crippen LogP contribution in [0.2, 0.25) is 0 Å². The fourth-order valence-electron chi connectivity index (χ4n) is 2.49. The summed E-state index contributed by atoms with van der Waals surface area (Å²) in [6, 6.07) is 15.9. The molecule has 0 saturated heterocycles. The Morgan fingerprint density at radius 1 is 0.929 bits per heavy atom. The minimum absolute atomic E-state index is 0.0000628. The van der Waals surface area contributed by atoms with Crippen LogP contribution in [0.3, 0.4) is 0 Å². The number of carboxylic acid groups (broad SMARTS) is 1. The topological polar surface area (TPSA) is 90.8 Å². The summed E-state index contributed by atoms with van der Waals surface area (Å²) in [4.78, 5) is 20.0. The van der Waals surface area contributed by atoms with E-state index in [-0.39, 0.29) is 29.1 Å². The number of nitrogens with zero attached hydrogens (tertiary/aromatic N) is 2. The molecule has 142 valence electrons. The molecule has 0 amide bonds. The van der Waals surface area contributed by atoms with Gasteiger partial charge in [0.2, 0.25) is 11.8 Å². The van der Waals surface area contributed by atoms with Gasteiger partial charge in [0, 0.05) is 0 Å². The maximum Gasteiger partial charge on any atom is 0.340 e. The van der Waals surface area contributed by atoms with Crippen molar-refractivity contribution in [1.82, 2.24) is 9.97 Å². The first-order valence-electron chi connectivity index (χ1n) is 8.35. The lowest BCUT2D eigenvalue weighted by atomic mass is 10.0. The van der Waals surface area contributed by atoms with Crippen molar-refractivity contribution in [3.63, 3.8) is 0 Å². The molecule has 1 heterocycles. The standard InChI is InChI=1S/C21H18N2O5/c1-26-17-13-18(27-2)23-21(22-17)28-16-10-6-9-15(19(16)20(24)25)12-11-14-7-4-3-5-8-14/h3-13H,1-2H3,(H,24,25). The maximum absolute atomic E-state index is 11.9. The zero-order valence-corrected chi connectivity index (χ0v) is 15.3. The van der Waals surface area contributed by atoms with E-state index in [0.717, 1.165) is 5.56 Å². The van der Waals surface area contributed by atoms with Crippen molar-refractivity contribution in [3.05, 3.63) is 71.3 Å². The highest BCUT2D eigenvalue weighted by atomic mass is 16.5. The SMILES string of the molecule is COc1cc(OC)nc(Oc2cccc(C=Cc3ccccc3)c2C(=O)O)n1. The molecule has 0 fully saturated rings. The molecule has 7 nitrogen and oxygen atoms in total. The molecular formula is C21H18N2O5. The van der Waals surface area contributed by atoms with Gasteiger partial charge in [0.25, 0.3) is 0 Å². The first-order valence-corrected chi connectivity index (χ1v) is 8.35. The van der Waals surface area contributed by atoms with Crippen LogP contribution < -0.4 is 14.2 Å². The van der Waals surface area contributed by atoms with Gasteiger partial charge in [-0.05, 0) is 17.2 Å². The summed E-state index contributed by atoms with van der Waals surface area (Å²) in [5.41, 5.74) is 1.44. The van der Waals surface area contributed by atoms with E-state index in [1.54, 1.807) is 24.3 Å². The van der Waals surface area contributed by atoms with Gasteiger partial charge in [-0.1, -0.05) is 54.6 Å². The molecule has 0 aliphatic heterocycles. The summed E-state index contributed by atoms with van der Waals surface area (Å²) in [7, 11) is 2.90. The van der Waals surface area contributed by atoms with E-state index in [1.165, 1.54) is 20.3 Å². The largest absolute Gasteiger partial charge is 0.481 e. The number of carbonyl (C=O) groups is 1. The number of aromatic carboxylic acids is 1. The molecule has 28 heavy (non-hydrogen) atoms. The second-order valence-corrected chi connectivity index (χ2v) is 5.61. The van der Waals surface area contributed by atoms with Crippen LogP contribution in [0.4, 0.5) is 0 Å². The molecule has 0 saturated carbocycles. The van der Waals surface area contributed by atoms with Gasteiger partial charge in [0.15, 0.2) is 0 Å².